The average molecular weight is 258 g/mol. The molecule has 1 heterocycles. The Morgan fingerprint density at radius 3 is 2.37 bits per heavy atom. The van der Waals surface area contributed by atoms with E-state index in [1.165, 1.54) is 12.8 Å². The number of hydrogen-bond acceptors (Lipinski definition) is 3. The van der Waals surface area contributed by atoms with Crippen LogP contribution in [0, 0.1) is 0 Å². The molecule has 3 nitrogen and oxygen atoms in total. The van der Waals surface area contributed by atoms with Crippen molar-refractivity contribution in [3.8, 4) is 0 Å². The van der Waals surface area contributed by atoms with E-state index in [0.717, 1.165) is 37.8 Å². The van der Waals surface area contributed by atoms with Gasteiger partial charge in [-0.25, -0.2) is 0 Å². The lowest BCUT2D eigenvalue weighted by Crippen LogP contribution is -2.48. The van der Waals surface area contributed by atoms with E-state index >= 15 is 0 Å². The molecule has 2 fully saturated rings. The molecule has 102 valence electrons. The highest BCUT2D eigenvalue weighted by Crippen LogP contribution is 2.27. The van der Waals surface area contributed by atoms with E-state index in [1.807, 2.05) is 30.3 Å². The van der Waals surface area contributed by atoms with E-state index in [0.29, 0.717) is 18.7 Å². The summed E-state index contributed by atoms with van der Waals surface area (Å²) in [7, 11) is 0. The normalized spacial score (nSPS) is 21.5. The number of rotatable bonds is 5. The minimum atomic E-state index is 0.339. The molecule has 1 aromatic carbocycles. The van der Waals surface area contributed by atoms with Gasteiger partial charge in [-0.3, -0.25) is 14.6 Å². The molecule has 0 unspecified atom stereocenters. The molecular weight excluding hydrogens is 236 g/mol. The van der Waals surface area contributed by atoms with Crippen LogP contribution in [0.4, 0.5) is 0 Å². The maximum Gasteiger partial charge on any atom is 0.151 e. The van der Waals surface area contributed by atoms with Gasteiger partial charge in [0.1, 0.15) is 0 Å². The summed E-state index contributed by atoms with van der Waals surface area (Å²) in [6.45, 7) is 5.01. The van der Waals surface area contributed by atoms with Gasteiger partial charge in [-0.05, 0) is 18.4 Å². The van der Waals surface area contributed by atoms with Crippen LogP contribution in [0.2, 0.25) is 0 Å². The first-order valence-electron chi connectivity index (χ1n) is 7.33. The summed E-state index contributed by atoms with van der Waals surface area (Å²) < 4.78 is 0. The van der Waals surface area contributed by atoms with Crippen molar-refractivity contribution in [1.29, 1.82) is 0 Å². The van der Waals surface area contributed by atoms with Crippen LogP contribution in [-0.2, 0) is 11.2 Å². The minimum Gasteiger partial charge on any atom is -0.298 e. The molecule has 0 amide bonds. The smallest absolute Gasteiger partial charge is 0.151 e. The van der Waals surface area contributed by atoms with Gasteiger partial charge in [0.05, 0.1) is 6.54 Å². The largest absolute Gasteiger partial charge is 0.298 e. The van der Waals surface area contributed by atoms with Crippen molar-refractivity contribution in [3.05, 3.63) is 35.9 Å². The van der Waals surface area contributed by atoms with Crippen LogP contribution in [0.15, 0.2) is 30.3 Å². The van der Waals surface area contributed by atoms with Crippen molar-refractivity contribution in [2.24, 2.45) is 0 Å². The van der Waals surface area contributed by atoms with Crippen LogP contribution in [0.1, 0.15) is 18.4 Å². The highest BCUT2D eigenvalue weighted by atomic mass is 16.1. The molecule has 1 aromatic rings. The molecule has 3 rings (SSSR count). The zero-order valence-electron chi connectivity index (χ0n) is 11.4. The van der Waals surface area contributed by atoms with Crippen molar-refractivity contribution in [1.82, 2.24) is 9.80 Å². The van der Waals surface area contributed by atoms with Gasteiger partial charge in [0.15, 0.2) is 5.78 Å². The third-order valence-corrected chi connectivity index (χ3v) is 4.11. The first-order valence-corrected chi connectivity index (χ1v) is 7.33. The summed E-state index contributed by atoms with van der Waals surface area (Å²) in [5, 5.41) is 0. The van der Waals surface area contributed by atoms with E-state index in [1.54, 1.807) is 0 Å². The van der Waals surface area contributed by atoms with Gasteiger partial charge in [0.25, 0.3) is 0 Å². The maximum absolute atomic E-state index is 12.1. The van der Waals surface area contributed by atoms with Crippen molar-refractivity contribution >= 4 is 5.78 Å². The van der Waals surface area contributed by atoms with Crippen LogP contribution in [-0.4, -0.2) is 54.3 Å². The quantitative estimate of drug-likeness (QED) is 0.801. The van der Waals surface area contributed by atoms with E-state index in [4.69, 9.17) is 0 Å². The average Bonchev–Trinajstić information content (AvgIpc) is 3.25. The summed E-state index contributed by atoms with van der Waals surface area (Å²) >= 11 is 0. The Bertz CT molecular complexity index is 420. The SMILES string of the molecule is O=C(Cc1ccccc1)CN1CCN(C2CC2)CC1. The number of carbonyl (C=O) groups is 1. The Morgan fingerprint density at radius 2 is 1.74 bits per heavy atom. The second-order valence-corrected chi connectivity index (χ2v) is 5.74. The zero-order chi connectivity index (χ0) is 13.1. The Labute approximate surface area is 115 Å². The summed E-state index contributed by atoms with van der Waals surface area (Å²) in [4.78, 5) is 16.9. The summed E-state index contributed by atoms with van der Waals surface area (Å²) in [5.74, 6) is 0.339. The van der Waals surface area contributed by atoms with Crippen LogP contribution in [0.5, 0.6) is 0 Å². The molecule has 1 aliphatic carbocycles. The second kappa shape index (κ2) is 5.85. The summed E-state index contributed by atoms with van der Waals surface area (Å²) in [5.41, 5.74) is 1.13. The lowest BCUT2D eigenvalue weighted by molar-refractivity contribution is -0.120. The van der Waals surface area contributed by atoms with Crippen molar-refractivity contribution in [3.63, 3.8) is 0 Å². The maximum atomic E-state index is 12.1. The fourth-order valence-electron chi connectivity index (χ4n) is 2.86. The monoisotopic (exact) mass is 258 g/mol. The molecule has 0 N–H and O–H groups in total. The Balaban J connectivity index is 1.43. The number of piperazine rings is 1. The fourth-order valence-corrected chi connectivity index (χ4v) is 2.86. The van der Waals surface area contributed by atoms with Gasteiger partial charge in [-0.15, -0.1) is 0 Å². The number of Topliss-reactive ketones (excluding diaryl/α,β-unsaturated/α-hetero) is 1. The summed E-state index contributed by atoms with van der Waals surface area (Å²) in [6, 6.07) is 10.9. The molecule has 2 aliphatic rings. The molecule has 1 saturated carbocycles. The van der Waals surface area contributed by atoms with Crippen molar-refractivity contribution in [2.45, 2.75) is 25.3 Å². The highest BCUT2D eigenvalue weighted by molar-refractivity contribution is 5.82. The topological polar surface area (TPSA) is 23.6 Å². The number of hydrogen-bond donors (Lipinski definition) is 0. The third-order valence-electron chi connectivity index (χ3n) is 4.11. The van der Waals surface area contributed by atoms with Crippen molar-refractivity contribution < 1.29 is 4.79 Å². The summed E-state index contributed by atoms with van der Waals surface area (Å²) in [6.07, 6.45) is 3.34. The van der Waals surface area contributed by atoms with Gasteiger partial charge in [-0.2, -0.15) is 0 Å². The van der Waals surface area contributed by atoms with Crippen LogP contribution in [0.3, 0.4) is 0 Å². The van der Waals surface area contributed by atoms with E-state index in [-0.39, 0.29) is 0 Å². The Morgan fingerprint density at radius 1 is 1.05 bits per heavy atom. The van der Waals surface area contributed by atoms with Gasteiger partial charge in [0.2, 0.25) is 0 Å². The van der Waals surface area contributed by atoms with Crippen LogP contribution in [0.25, 0.3) is 0 Å². The molecule has 3 heteroatoms. The zero-order valence-corrected chi connectivity index (χ0v) is 11.4. The van der Waals surface area contributed by atoms with Crippen LogP contribution >= 0.6 is 0 Å². The molecule has 0 aromatic heterocycles. The Hall–Kier alpha value is -1.19. The number of carbonyl (C=O) groups excluding carboxylic acids is 1. The van der Waals surface area contributed by atoms with E-state index < -0.39 is 0 Å². The highest BCUT2D eigenvalue weighted by Gasteiger charge is 2.31. The molecule has 0 spiro atoms. The van der Waals surface area contributed by atoms with Crippen molar-refractivity contribution in [2.75, 3.05) is 32.7 Å². The lowest BCUT2D eigenvalue weighted by atomic mass is 10.1. The first kappa shape index (κ1) is 12.8. The van der Waals surface area contributed by atoms with Gasteiger partial charge < -0.3 is 0 Å². The number of benzene rings is 1. The molecule has 1 saturated heterocycles. The molecule has 1 aliphatic heterocycles. The fraction of sp³-hybridized carbons (Fsp3) is 0.562. The predicted octanol–water partition coefficient (Wildman–Crippen LogP) is 1.58. The van der Waals surface area contributed by atoms with E-state index in [2.05, 4.69) is 9.80 Å². The van der Waals surface area contributed by atoms with Gasteiger partial charge >= 0.3 is 0 Å². The molecule has 0 radical (unpaired) electrons. The second-order valence-electron chi connectivity index (χ2n) is 5.74. The van der Waals surface area contributed by atoms with Crippen LogP contribution < -0.4 is 0 Å². The molecule has 0 bridgehead atoms. The molecular formula is C16H22N2O. The van der Waals surface area contributed by atoms with Gasteiger partial charge in [0, 0.05) is 38.6 Å². The first-order chi connectivity index (χ1) is 9.31. The number of ketones is 1. The van der Waals surface area contributed by atoms with E-state index in [9.17, 15) is 4.79 Å². The third kappa shape index (κ3) is 3.64. The predicted molar refractivity (Wildman–Crippen MR) is 76.2 cm³/mol. The Kier molecular flexibility index (Phi) is 3.95. The van der Waals surface area contributed by atoms with Gasteiger partial charge in [-0.1, -0.05) is 30.3 Å². The number of nitrogens with zero attached hydrogens (tertiary/aromatic N) is 2. The lowest BCUT2D eigenvalue weighted by Gasteiger charge is -2.34. The molecule has 19 heavy (non-hydrogen) atoms. The minimum absolute atomic E-state index is 0.339. The molecule has 0 atom stereocenters. The standard InChI is InChI=1S/C16H22N2O/c19-16(12-14-4-2-1-3-5-14)13-17-8-10-18(11-9-17)15-6-7-15/h1-5,15H,6-13H2.